The molecule has 9 aromatic carbocycles. The van der Waals surface area contributed by atoms with Crippen molar-refractivity contribution >= 4 is 49.2 Å². The maximum atomic E-state index is 5.43. The average Bonchev–Trinajstić information content (AvgIpc) is 3.61. The molecule has 4 heteroatoms. The molecule has 1 aliphatic rings. The lowest BCUT2D eigenvalue weighted by Crippen LogP contribution is -2.45. The van der Waals surface area contributed by atoms with Gasteiger partial charge in [0.15, 0.2) is 0 Å². The third-order valence-corrected chi connectivity index (χ3v) is 11.5. The number of amidine groups is 1. The van der Waals surface area contributed by atoms with Gasteiger partial charge in [-0.25, -0.2) is 4.99 Å². The normalized spacial score (nSPS) is 15.5. The fourth-order valence-corrected chi connectivity index (χ4v) is 8.61. The zero-order valence-electron chi connectivity index (χ0n) is 31.2. The van der Waals surface area contributed by atoms with E-state index in [9.17, 15) is 0 Å². The van der Waals surface area contributed by atoms with Crippen molar-refractivity contribution in [3.8, 4) is 27.9 Å². The maximum Gasteiger partial charge on any atom is 0.131 e. The highest BCUT2D eigenvalue weighted by Gasteiger charge is 2.27. The van der Waals surface area contributed by atoms with Crippen molar-refractivity contribution < 1.29 is 0 Å². The summed E-state index contributed by atoms with van der Waals surface area (Å²) >= 11 is 0. The van der Waals surface area contributed by atoms with Crippen molar-refractivity contribution in [2.75, 3.05) is 0 Å². The van der Waals surface area contributed by atoms with Crippen LogP contribution < -0.4 is 10.6 Å². The third-order valence-electron chi connectivity index (χ3n) is 11.5. The van der Waals surface area contributed by atoms with Gasteiger partial charge in [-0.3, -0.25) is 5.32 Å². The predicted molar refractivity (Wildman–Crippen MR) is 238 cm³/mol. The van der Waals surface area contributed by atoms with Crippen LogP contribution in [0.3, 0.4) is 0 Å². The highest BCUT2D eigenvalue weighted by molar-refractivity contribution is 6.15. The molecule has 2 heterocycles. The first-order valence-electron chi connectivity index (χ1n) is 19.6. The summed E-state index contributed by atoms with van der Waals surface area (Å²) in [4.78, 5) is 5.43. The summed E-state index contributed by atoms with van der Waals surface area (Å²) in [5.41, 5.74) is 11.5. The topological polar surface area (TPSA) is 41.4 Å². The molecule has 0 fully saturated rings. The molecule has 0 saturated carbocycles. The lowest BCUT2D eigenvalue weighted by molar-refractivity contribution is 0.411. The van der Waals surface area contributed by atoms with Gasteiger partial charge in [0.25, 0.3) is 0 Å². The van der Waals surface area contributed by atoms with E-state index in [0.29, 0.717) is 0 Å². The van der Waals surface area contributed by atoms with Crippen LogP contribution in [-0.4, -0.2) is 10.4 Å². The Bertz CT molecular complexity index is 3120. The van der Waals surface area contributed by atoms with Gasteiger partial charge in [0.1, 0.15) is 18.2 Å². The van der Waals surface area contributed by atoms with Gasteiger partial charge in [0.2, 0.25) is 0 Å². The van der Waals surface area contributed by atoms with Crippen LogP contribution in [0.5, 0.6) is 0 Å². The first-order valence-corrected chi connectivity index (χ1v) is 19.6. The number of nitrogens with one attached hydrogen (secondary N) is 2. The van der Waals surface area contributed by atoms with Crippen molar-refractivity contribution in [3.63, 3.8) is 0 Å². The summed E-state index contributed by atoms with van der Waals surface area (Å²) in [5.74, 6) is 0.853. The van der Waals surface area contributed by atoms with Crippen molar-refractivity contribution in [2.45, 2.75) is 12.3 Å². The number of aliphatic imine (C=N–C) groups is 1. The molecular weight excluding hydrogens is 693 g/mol. The van der Waals surface area contributed by atoms with Gasteiger partial charge in [-0.2, -0.15) is 0 Å². The van der Waals surface area contributed by atoms with E-state index in [0.717, 1.165) is 28.2 Å². The molecule has 10 aromatic rings. The highest BCUT2D eigenvalue weighted by Crippen LogP contribution is 2.37. The second kappa shape index (κ2) is 13.8. The summed E-state index contributed by atoms with van der Waals surface area (Å²) in [6.07, 6.45) is -0.457. The molecule has 0 amide bonds. The summed E-state index contributed by atoms with van der Waals surface area (Å²) in [6, 6.07) is 74.2. The first kappa shape index (κ1) is 33.1. The van der Waals surface area contributed by atoms with Gasteiger partial charge >= 0.3 is 0 Å². The minimum Gasteiger partial charge on any atom is -0.350 e. The Morgan fingerprint density at radius 1 is 0.404 bits per heavy atom. The Morgan fingerprint density at radius 2 is 1.00 bits per heavy atom. The molecule has 2 N–H and O–H groups in total. The van der Waals surface area contributed by atoms with E-state index in [1.54, 1.807) is 0 Å². The molecule has 1 aliphatic heterocycles. The van der Waals surface area contributed by atoms with Crippen LogP contribution in [0.1, 0.15) is 29.0 Å². The number of fused-ring (bicyclic) bond motifs is 5. The molecule has 0 bridgehead atoms. The molecule has 1 aromatic heterocycles. The Morgan fingerprint density at radius 3 is 1.79 bits per heavy atom. The van der Waals surface area contributed by atoms with Gasteiger partial charge in [-0.05, 0) is 85.3 Å². The zero-order chi connectivity index (χ0) is 37.7. The van der Waals surface area contributed by atoms with Crippen molar-refractivity contribution in [3.05, 3.63) is 223 Å². The SMILES string of the molecule is c1ccc(-c2ccc(C3N=C(c4ccc5c6cc7ccccc7cc6n(-c6cccc(-c7ccccc7)c6)c5c4)NC(c4cccc5ccccc45)N3)cc2)cc1. The van der Waals surface area contributed by atoms with E-state index < -0.39 is 0 Å². The second-order valence-corrected chi connectivity index (χ2v) is 14.9. The first-order chi connectivity index (χ1) is 28.2. The highest BCUT2D eigenvalue weighted by atomic mass is 15.3. The van der Waals surface area contributed by atoms with E-state index in [2.05, 4.69) is 221 Å². The molecule has 0 radical (unpaired) electrons. The van der Waals surface area contributed by atoms with Gasteiger partial charge in [0.05, 0.1) is 11.0 Å². The summed E-state index contributed by atoms with van der Waals surface area (Å²) < 4.78 is 2.43. The summed E-state index contributed by atoms with van der Waals surface area (Å²) in [5, 5.41) is 15.0. The minimum absolute atomic E-state index is 0.184. The van der Waals surface area contributed by atoms with E-state index >= 15 is 0 Å². The lowest BCUT2D eigenvalue weighted by atomic mass is 9.99. The second-order valence-electron chi connectivity index (χ2n) is 14.9. The minimum atomic E-state index is -0.274. The van der Waals surface area contributed by atoms with Crippen LogP contribution in [0.2, 0.25) is 0 Å². The van der Waals surface area contributed by atoms with E-state index in [1.807, 2.05) is 0 Å². The smallest absolute Gasteiger partial charge is 0.131 e. The molecule has 270 valence electrons. The number of nitrogens with zero attached hydrogens (tertiary/aromatic N) is 2. The number of hydrogen-bond acceptors (Lipinski definition) is 3. The van der Waals surface area contributed by atoms with E-state index in [-0.39, 0.29) is 12.3 Å². The molecule has 11 rings (SSSR count). The molecule has 57 heavy (non-hydrogen) atoms. The van der Waals surface area contributed by atoms with Crippen LogP contribution >= 0.6 is 0 Å². The van der Waals surface area contributed by atoms with Crippen LogP contribution in [0.15, 0.2) is 211 Å². The van der Waals surface area contributed by atoms with Crippen molar-refractivity contribution in [1.29, 1.82) is 0 Å². The number of hydrogen-bond donors (Lipinski definition) is 2. The largest absolute Gasteiger partial charge is 0.350 e. The number of rotatable bonds is 6. The lowest BCUT2D eigenvalue weighted by Gasteiger charge is -2.33. The Balaban J connectivity index is 1.09. The fraction of sp³-hybridized carbons (Fsp3) is 0.0377. The van der Waals surface area contributed by atoms with Gasteiger partial charge in [0, 0.05) is 22.0 Å². The van der Waals surface area contributed by atoms with Crippen LogP contribution in [0, 0.1) is 0 Å². The zero-order valence-corrected chi connectivity index (χ0v) is 31.2. The predicted octanol–water partition coefficient (Wildman–Crippen LogP) is 12.8. The molecule has 2 atom stereocenters. The molecule has 2 unspecified atom stereocenters. The third kappa shape index (κ3) is 5.95. The molecular formula is C53H38N4. The van der Waals surface area contributed by atoms with Gasteiger partial charge in [-0.15, -0.1) is 0 Å². The average molecular weight is 731 g/mol. The molecule has 0 saturated heterocycles. The fourth-order valence-electron chi connectivity index (χ4n) is 8.61. The monoisotopic (exact) mass is 730 g/mol. The summed E-state index contributed by atoms with van der Waals surface area (Å²) in [7, 11) is 0. The van der Waals surface area contributed by atoms with Gasteiger partial charge < -0.3 is 9.88 Å². The van der Waals surface area contributed by atoms with Crippen LogP contribution in [-0.2, 0) is 0 Å². The summed E-state index contributed by atoms with van der Waals surface area (Å²) in [6.45, 7) is 0. The molecule has 4 nitrogen and oxygen atoms in total. The van der Waals surface area contributed by atoms with Crippen LogP contribution in [0.25, 0.3) is 71.3 Å². The van der Waals surface area contributed by atoms with Crippen molar-refractivity contribution in [1.82, 2.24) is 15.2 Å². The maximum absolute atomic E-state index is 5.43. The molecule has 0 spiro atoms. The number of aromatic nitrogens is 1. The van der Waals surface area contributed by atoms with Gasteiger partial charge in [-0.1, -0.05) is 176 Å². The van der Waals surface area contributed by atoms with Crippen LogP contribution in [0.4, 0.5) is 0 Å². The Hall–Kier alpha value is -7.27. The van der Waals surface area contributed by atoms with E-state index in [4.69, 9.17) is 4.99 Å². The standard InChI is InChI=1S/C53H38N4/c1-3-13-35(14-4-1)37-25-27-39(28-26-37)51-54-52(56-53(55-51)47-24-12-20-38-17-9-10-23-45(38)47)43-29-30-46-48-32-41-18-7-8-19-42(41)33-50(48)57(49(46)34-43)44-22-11-21-40(31-44)36-15-5-2-6-16-36/h1-34,51,53,55H,(H,54,56). The Kier molecular flexibility index (Phi) is 8.01. The van der Waals surface area contributed by atoms with E-state index in [1.165, 1.54) is 65.7 Å². The Labute approximate surface area is 331 Å². The quantitative estimate of drug-likeness (QED) is 0.179. The molecule has 0 aliphatic carbocycles. The van der Waals surface area contributed by atoms with Crippen molar-refractivity contribution in [2.24, 2.45) is 4.99 Å². The number of benzene rings is 9.